The normalized spacial score (nSPS) is 10.0. The van der Waals surface area contributed by atoms with E-state index < -0.39 is 0 Å². The van der Waals surface area contributed by atoms with Crippen LogP contribution in [0.5, 0.6) is 5.75 Å². The molecule has 0 saturated carbocycles. The third-order valence-corrected chi connectivity index (χ3v) is 2.85. The van der Waals surface area contributed by atoms with Crippen LogP contribution in [0.25, 0.3) is 0 Å². The van der Waals surface area contributed by atoms with E-state index in [1.54, 1.807) is 0 Å². The Balaban J connectivity index is 2.53. The van der Waals surface area contributed by atoms with Gasteiger partial charge in [-0.25, -0.2) is 0 Å². The average molecular weight is 227 g/mol. The number of unbranched alkanes of at least 4 members (excludes halogenated alkanes) is 1. The number of thiophene rings is 1. The van der Waals surface area contributed by atoms with Gasteiger partial charge in [0.25, 0.3) is 5.91 Å². The lowest BCUT2D eigenvalue weighted by Gasteiger charge is -2.05. The highest BCUT2D eigenvalue weighted by atomic mass is 32.1. The number of hydrogen-bond acceptors (Lipinski definition) is 3. The summed E-state index contributed by atoms with van der Waals surface area (Å²) in [5, 5.41) is 4.75. The molecule has 1 amide bonds. The van der Waals surface area contributed by atoms with Crippen molar-refractivity contribution in [3.63, 3.8) is 0 Å². The van der Waals surface area contributed by atoms with Crippen LogP contribution < -0.4 is 10.1 Å². The van der Waals surface area contributed by atoms with Gasteiger partial charge in [-0.3, -0.25) is 4.79 Å². The first kappa shape index (κ1) is 12.0. The molecule has 0 aromatic carbocycles. The van der Waals surface area contributed by atoms with Gasteiger partial charge in [0.15, 0.2) is 0 Å². The van der Waals surface area contributed by atoms with E-state index in [1.807, 2.05) is 18.4 Å². The molecule has 1 rings (SSSR count). The lowest BCUT2D eigenvalue weighted by Crippen LogP contribution is -2.23. The van der Waals surface area contributed by atoms with Gasteiger partial charge in [-0.2, -0.15) is 0 Å². The van der Waals surface area contributed by atoms with E-state index in [4.69, 9.17) is 4.74 Å². The molecule has 0 aliphatic rings. The Morgan fingerprint density at radius 1 is 1.53 bits per heavy atom. The molecule has 84 valence electrons. The monoisotopic (exact) mass is 227 g/mol. The third-order valence-electron chi connectivity index (χ3n) is 1.95. The van der Waals surface area contributed by atoms with Crippen molar-refractivity contribution in [1.82, 2.24) is 5.32 Å². The Morgan fingerprint density at radius 2 is 2.33 bits per heavy atom. The minimum Gasteiger partial charge on any atom is -0.492 e. The van der Waals surface area contributed by atoms with E-state index in [-0.39, 0.29) is 5.91 Å². The highest BCUT2D eigenvalue weighted by molar-refractivity contribution is 7.12. The molecule has 15 heavy (non-hydrogen) atoms. The molecule has 0 radical (unpaired) electrons. The van der Waals surface area contributed by atoms with Crippen LogP contribution in [0.1, 0.15) is 36.4 Å². The van der Waals surface area contributed by atoms with Crippen LogP contribution in [0, 0.1) is 0 Å². The minimum absolute atomic E-state index is 0.0260. The number of carbonyl (C=O) groups excluding carboxylic acids is 1. The van der Waals surface area contributed by atoms with Crippen LogP contribution in [0.2, 0.25) is 0 Å². The Bertz CT molecular complexity index is 309. The maximum absolute atomic E-state index is 11.7. The zero-order chi connectivity index (χ0) is 11.1. The molecule has 0 aliphatic heterocycles. The highest BCUT2D eigenvalue weighted by Gasteiger charge is 2.13. The van der Waals surface area contributed by atoms with Crippen molar-refractivity contribution in [2.45, 2.75) is 26.7 Å². The number of ether oxygens (including phenoxy) is 1. The molecular formula is C11H17NO2S. The summed E-state index contributed by atoms with van der Waals surface area (Å²) in [7, 11) is 0. The SMILES string of the molecule is CCCCNC(=O)c1sccc1OCC. The largest absolute Gasteiger partial charge is 0.492 e. The van der Waals surface area contributed by atoms with E-state index >= 15 is 0 Å². The van der Waals surface area contributed by atoms with Gasteiger partial charge in [0.05, 0.1) is 6.61 Å². The molecule has 0 unspecified atom stereocenters. The van der Waals surface area contributed by atoms with E-state index in [0.29, 0.717) is 17.2 Å². The van der Waals surface area contributed by atoms with Gasteiger partial charge >= 0.3 is 0 Å². The molecule has 1 aromatic heterocycles. The molecular weight excluding hydrogens is 210 g/mol. The molecule has 0 fully saturated rings. The van der Waals surface area contributed by atoms with Crippen molar-refractivity contribution in [1.29, 1.82) is 0 Å². The molecule has 1 aromatic rings. The van der Waals surface area contributed by atoms with E-state index in [1.165, 1.54) is 11.3 Å². The lowest BCUT2D eigenvalue weighted by atomic mass is 10.3. The van der Waals surface area contributed by atoms with Gasteiger partial charge < -0.3 is 10.1 Å². The summed E-state index contributed by atoms with van der Waals surface area (Å²) in [5.74, 6) is 0.665. The summed E-state index contributed by atoms with van der Waals surface area (Å²) in [4.78, 5) is 12.4. The van der Waals surface area contributed by atoms with E-state index in [2.05, 4.69) is 12.2 Å². The van der Waals surface area contributed by atoms with Crippen molar-refractivity contribution in [2.24, 2.45) is 0 Å². The van der Waals surface area contributed by atoms with Crippen molar-refractivity contribution in [2.75, 3.05) is 13.2 Å². The molecule has 3 nitrogen and oxygen atoms in total. The Kier molecular flexibility index (Phi) is 5.18. The van der Waals surface area contributed by atoms with Gasteiger partial charge in [-0.15, -0.1) is 11.3 Å². The second kappa shape index (κ2) is 6.45. The van der Waals surface area contributed by atoms with E-state index in [0.717, 1.165) is 19.4 Å². The second-order valence-corrected chi connectivity index (χ2v) is 4.07. The second-order valence-electron chi connectivity index (χ2n) is 3.16. The van der Waals surface area contributed by atoms with Crippen molar-refractivity contribution >= 4 is 17.2 Å². The fourth-order valence-electron chi connectivity index (χ4n) is 1.19. The third kappa shape index (κ3) is 3.55. The Labute approximate surface area is 94.5 Å². The fourth-order valence-corrected chi connectivity index (χ4v) is 1.94. The molecule has 4 heteroatoms. The number of nitrogens with one attached hydrogen (secondary N) is 1. The van der Waals surface area contributed by atoms with Gasteiger partial charge in [-0.1, -0.05) is 13.3 Å². The molecule has 1 N–H and O–H groups in total. The zero-order valence-corrected chi connectivity index (χ0v) is 10.0. The Hall–Kier alpha value is -1.03. The molecule has 1 heterocycles. The highest BCUT2D eigenvalue weighted by Crippen LogP contribution is 2.24. The van der Waals surface area contributed by atoms with Crippen molar-refractivity contribution < 1.29 is 9.53 Å². The van der Waals surface area contributed by atoms with Crippen molar-refractivity contribution in [3.05, 3.63) is 16.3 Å². The lowest BCUT2D eigenvalue weighted by molar-refractivity contribution is 0.0954. The summed E-state index contributed by atoms with van der Waals surface area (Å²) in [5.41, 5.74) is 0. The topological polar surface area (TPSA) is 38.3 Å². The van der Waals surface area contributed by atoms with Crippen LogP contribution >= 0.6 is 11.3 Å². The predicted octanol–water partition coefficient (Wildman–Crippen LogP) is 2.68. The van der Waals surface area contributed by atoms with Crippen LogP contribution in [0.4, 0.5) is 0 Å². The Morgan fingerprint density at radius 3 is 3.00 bits per heavy atom. The maximum Gasteiger partial charge on any atom is 0.265 e. The standard InChI is InChI=1S/C11H17NO2S/c1-3-5-7-12-11(13)10-9(14-4-2)6-8-15-10/h6,8H,3-5,7H2,1-2H3,(H,12,13). The number of amides is 1. The van der Waals surface area contributed by atoms with Crippen LogP contribution in [-0.4, -0.2) is 19.1 Å². The summed E-state index contributed by atoms with van der Waals surface area (Å²) in [6.45, 7) is 5.34. The predicted molar refractivity (Wildman–Crippen MR) is 62.7 cm³/mol. The first-order valence-corrected chi connectivity index (χ1v) is 6.16. The van der Waals surface area contributed by atoms with Gasteiger partial charge in [0, 0.05) is 6.54 Å². The molecule has 0 bridgehead atoms. The summed E-state index contributed by atoms with van der Waals surface area (Å²) in [6.07, 6.45) is 2.10. The number of hydrogen-bond donors (Lipinski definition) is 1. The number of rotatable bonds is 6. The average Bonchev–Trinajstić information content (AvgIpc) is 2.67. The fraction of sp³-hybridized carbons (Fsp3) is 0.545. The zero-order valence-electron chi connectivity index (χ0n) is 9.21. The summed E-state index contributed by atoms with van der Waals surface area (Å²) >= 11 is 1.42. The van der Waals surface area contributed by atoms with Gasteiger partial charge in [0.1, 0.15) is 10.6 Å². The molecule has 0 saturated heterocycles. The van der Waals surface area contributed by atoms with Gasteiger partial charge in [0.2, 0.25) is 0 Å². The van der Waals surface area contributed by atoms with Crippen LogP contribution in [0.3, 0.4) is 0 Å². The van der Waals surface area contributed by atoms with Gasteiger partial charge in [-0.05, 0) is 24.8 Å². The smallest absolute Gasteiger partial charge is 0.265 e. The minimum atomic E-state index is -0.0260. The number of carbonyl (C=O) groups is 1. The van der Waals surface area contributed by atoms with Crippen LogP contribution in [0.15, 0.2) is 11.4 Å². The first-order valence-electron chi connectivity index (χ1n) is 5.28. The molecule has 0 atom stereocenters. The molecule has 0 aliphatic carbocycles. The molecule has 0 spiro atoms. The summed E-state index contributed by atoms with van der Waals surface area (Å²) in [6, 6.07) is 1.84. The van der Waals surface area contributed by atoms with Crippen molar-refractivity contribution in [3.8, 4) is 5.75 Å². The maximum atomic E-state index is 11.7. The summed E-state index contributed by atoms with van der Waals surface area (Å²) < 4.78 is 5.35. The first-order chi connectivity index (χ1) is 7.29. The van der Waals surface area contributed by atoms with E-state index in [9.17, 15) is 4.79 Å². The quantitative estimate of drug-likeness (QED) is 0.759. The van der Waals surface area contributed by atoms with Crippen LogP contribution in [-0.2, 0) is 0 Å².